The van der Waals surface area contributed by atoms with Crippen LogP contribution in [0, 0.1) is 17.8 Å². The van der Waals surface area contributed by atoms with Crippen molar-refractivity contribution in [2.75, 3.05) is 12.3 Å². The van der Waals surface area contributed by atoms with Gasteiger partial charge in [-0.3, -0.25) is 4.79 Å². The average Bonchev–Trinajstić information content (AvgIpc) is 3.05. The molecule has 3 aliphatic rings. The zero-order valence-corrected chi connectivity index (χ0v) is 16.5. The van der Waals surface area contributed by atoms with Crippen LogP contribution in [0.15, 0.2) is 0 Å². The third-order valence-electron chi connectivity index (χ3n) is 5.35. The first-order valence-corrected chi connectivity index (χ1v) is 12.2. The van der Waals surface area contributed by atoms with Crippen LogP contribution in [-0.2, 0) is 24.7 Å². The monoisotopic (exact) mass is 396 g/mol. The number of hydrogen-bond donors (Lipinski definition) is 1. The Morgan fingerprint density at radius 2 is 2.04 bits per heavy atom. The summed E-state index contributed by atoms with van der Waals surface area (Å²) in [4.78, 5) is 13.9. The molecule has 1 aliphatic carbocycles. The van der Waals surface area contributed by atoms with Gasteiger partial charge in [0.15, 0.2) is 9.84 Å². The lowest BCUT2D eigenvalue weighted by atomic mass is 9.91. The highest BCUT2D eigenvalue weighted by molar-refractivity contribution is 8.21. The van der Waals surface area contributed by atoms with Gasteiger partial charge in [-0.1, -0.05) is 13.8 Å². The number of sulfone groups is 1. The fourth-order valence-corrected chi connectivity index (χ4v) is 10.9. The van der Waals surface area contributed by atoms with Crippen molar-refractivity contribution in [3.8, 4) is 0 Å². The summed E-state index contributed by atoms with van der Waals surface area (Å²) in [7, 11) is -7.21. The summed E-state index contributed by atoms with van der Waals surface area (Å²) in [5.74, 6) is -0.486. The molecule has 7 nitrogen and oxygen atoms in total. The van der Waals surface area contributed by atoms with Gasteiger partial charge in [-0.25, -0.2) is 22.0 Å². The van der Waals surface area contributed by atoms with Crippen molar-refractivity contribution in [3.63, 3.8) is 0 Å². The van der Waals surface area contributed by atoms with E-state index < -0.39 is 28.5 Å². The van der Waals surface area contributed by atoms with Crippen molar-refractivity contribution in [1.29, 1.82) is 0 Å². The van der Waals surface area contributed by atoms with E-state index in [0.717, 1.165) is 11.8 Å². The summed E-state index contributed by atoms with van der Waals surface area (Å²) in [6.45, 7) is 6.04. The minimum Gasteiger partial charge on any atom is -0.339 e. The predicted octanol–water partition coefficient (Wildman–Crippen LogP) is 0.372. The van der Waals surface area contributed by atoms with Crippen molar-refractivity contribution < 1.29 is 21.6 Å². The van der Waals surface area contributed by atoms with Crippen LogP contribution in [0.3, 0.4) is 0 Å². The molecule has 0 bridgehead atoms. The predicted molar refractivity (Wildman–Crippen MR) is 93.2 cm³/mol. The molecule has 0 aromatic heterocycles. The van der Waals surface area contributed by atoms with Crippen LogP contribution in [-0.4, -0.2) is 54.6 Å². The molecule has 5 unspecified atom stereocenters. The largest absolute Gasteiger partial charge is 0.339 e. The highest BCUT2D eigenvalue weighted by Crippen LogP contribution is 2.72. The first-order valence-electron chi connectivity index (χ1n) is 8.09. The number of nitrogens with two attached hydrogens (primary N) is 1. The lowest BCUT2D eigenvalue weighted by molar-refractivity contribution is -0.133. The molecule has 3 rings (SSSR count). The van der Waals surface area contributed by atoms with E-state index in [2.05, 4.69) is 0 Å². The SMILES string of the molecule is CC(=O)N(CC(C)C)C1CCS(=O)(=O)C2SC3(S(N)(=O)=O)CC3C12. The third-order valence-corrected chi connectivity index (χ3v) is 12.2. The average molecular weight is 397 g/mol. The summed E-state index contributed by atoms with van der Waals surface area (Å²) in [6.07, 6.45) is 0.755. The second-order valence-corrected chi connectivity index (χ2v) is 13.6. The minimum absolute atomic E-state index is 0.0128. The van der Waals surface area contributed by atoms with E-state index in [1.807, 2.05) is 13.8 Å². The number of hydrogen-bond acceptors (Lipinski definition) is 6. The van der Waals surface area contributed by atoms with Crippen molar-refractivity contribution in [3.05, 3.63) is 0 Å². The molecule has 2 heterocycles. The summed E-state index contributed by atoms with van der Waals surface area (Å²) >= 11 is 0.998. The van der Waals surface area contributed by atoms with Gasteiger partial charge in [0.2, 0.25) is 15.9 Å². The Morgan fingerprint density at radius 1 is 1.42 bits per heavy atom. The number of amides is 1. The van der Waals surface area contributed by atoms with Crippen LogP contribution in [0.25, 0.3) is 0 Å². The molecule has 3 fully saturated rings. The van der Waals surface area contributed by atoms with Gasteiger partial charge in [0.25, 0.3) is 0 Å². The number of carbonyl (C=O) groups is 1. The number of carbonyl (C=O) groups excluding carboxylic acids is 1. The number of sulfonamides is 1. The molecule has 1 saturated carbocycles. The summed E-state index contributed by atoms with van der Waals surface area (Å²) < 4.78 is 47.1. The quantitative estimate of drug-likeness (QED) is 0.734. The summed E-state index contributed by atoms with van der Waals surface area (Å²) in [5, 5.41) is 5.40. The molecule has 2 saturated heterocycles. The molecular weight excluding hydrogens is 372 g/mol. The van der Waals surface area contributed by atoms with Crippen LogP contribution >= 0.6 is 11.8 Å². The topological polar surface area (TPSA) is 115 Å². The van der Waals surface area contributed by atoms with Crippen molar-refractivity contribution in [1.82, 2.24) is 4.90 Å². The van der Waals surface area contributed by atoms with E-state index in [0.29, 0.717) is 19.4 Å². The highest BCUT2D eigenvalue weighted by Gasteiger charge is 2.76. The van der Waals surface area contributed by atoms with Crippen LogP contribution in [0.1, 0.15) is 33.6 Å². The summed E-state index contributed by atoms with van der Waals surface area (Å²) in [5.41, 5.74) is 0. The van der Waals surface area contributed by atoms with E-state index >= 15 is 0 Å². The normalized spacial score (nSPS) is 40.0. The van der Waals surface area contributed by atoms with Gasteiger partial charge < -0.3 is 4.90 Å². The molecular formula is C14H24N2O5S3. The first-order chi connectivity index (χ1) is 10.9. The molecule has 5 atom stereocenters. The molecule has 1 amide bonds. The molecule has 2 aliphatic heterocycles. The van der Waals surface area contributed by atoms with Gasteiger partial charge >= 0.3 is 0 Å². The van der Waals surface area contributed by atoms with E-state index in [-0.39, 0.29) is 35.5 Å². The highest BCUT2D eigenvalue weighted by atomic mass is 32.3. The van der Waals surface area contributed by atoms with Crippen LogP contribution in [0.4, 0.5) is 0 Å². The van der Waals surface area contributed by atoms with Crippen molar-refractivity contribution >= 4 is 37.5 Å². The standard InChI is InChI=1S/C14H24N2O5S3/c1-8(2)7-16(9(3)17)11-4-5-23(18,19)13-12(11)10-6-14(10,22-13)24(15,20)21/h8,10-13H,4-7H2,1-3H3,(H2,15,20,21). The lowest BCUT2D eigenvalue weighted by Crippen LogP contribution is -2.53. The molecule has 2 N–H and O–H groups in total. The van der Waals surface area contributed by atoms with Gasteiger partial charge in [-0.15, -0.1) is 11.8 Å². The van der Waals surface area contributed by atoms with E-state index in [4.69, 9.17) is 5.14 Å². The maximum absolute atomic E-state index is 12.5. The number of fused-ring (bicyclic) bond motifs is 3. The maximum atomic E-state index is 12.5. The van der Waals surface area contributed by atoms with Crippen molar-refractivity contribution in [2.45, 2.75) is 48.3 Å². The molecule has 0 aromatic rings. The van der Waals surface area contributed by atoms with E-state index in [9.17, 15) is 21.6 Å². The second kappa shape index (κ2) is 5.59. The van der Waals surface area contributed by atoms with Crippen LogP contribution in [0.5, 0.6) is 0 Å². The molecule has 0 radical (unpaired) electrons. The van der Waals surface area contributed by atoms with Gasteiger partial charge in [0.1, 0.15) is 8.66 Å². The van der Waals surface area contributed by atoms with Gasteiger partial charge in [-0.05, 0) is 24.7 Å². The summed E-state index contributed by atoms with van der Waals surface area (Å²) in [6, 6.07) is -0.234. The second-order valence-electron chi connectivity index (χ2n) is 7.52. The zero-order chi connectivity index (χ0) is 18.1. The van der Waals surface area contributed by atoms with Crippen LogP contribution < -0.4 is 5.14 Å². The Bertz CT molecular complexity index is 763. The minimum atomic E-state index is -3.83. The van der Waals surface area contributed by atoms with Crippen LogP contribution in [0.2, 0.25) is 0 Å². The Labute approximate surface area is 147 Å². The van der Waals surface area contributed by atoms with Gasteiger partial charge in [0, 0.05) is 25.4 Å². The zero-order valence-electron chi connectivity index (χ0n) is 14.0. The number of thioether (sulfide) groups is 1. The maximum Gasteiger partial charge on any atom is 0.224 e. The lowest BCUT2D eigenvalue weighted by Gasteiger charge is -2.42. The number of rotatable bonds is 4. The van der Waals surface area contributed by atoms with Crippen molar-refractivity contribution in [2.24, 2.45) is 22.9 Å². The van der Waals surface area contributed by atoms with Gasteiger partial charge in [-0.2, -0.15) is 0 Å². The Hall–Kier alpha value is -0.320. The molecule has 24 heavy (non-hydrogen) atoms. The molecule has 138 valence electrons. The smallest absolute Gasteiger partial charge is 0.224 e. The molecule has 0 aromatic carbocycles. The fraction of sp³-hybridized carbons (Fsp3) is 0.929. The number of primary sulfonamides is 1. The number of nitrogens with zero attached hydrogens (tertiary/aromatic N) is 1. The third kappa shape index (κ3) is 2.69. The fourth-order valence-electron chi connectivity index (χ4n) is 4.28. The molecule has 10 heteroatoms. The van der Waals surface area contributed by atoms with E-state index in [1.165, 1.54) is 6.92 Å². The first kappa shape index (κ1) is 18.5. The van der Waals surface area contributed by atoms with Gasteiger partial charge in [0.05, 0.1) is 5.75 Å². The van der Waals surface area contributed by atoms with E-state index in [1.54, 1.807) is 4.90 Å². The Balaban J connectivity index is 1.99. The molecule has 0 spiro atoms. The Kier molecular flexibility index (Phi) is 4.30. The Morgan fingerprint density at radius 3 is 2.54 bits per heavy atom.